The van der Waals surface area contributed by atoms with E-state index in [1.807, 2.05) is 0 Å². The largest absolute Gasteiger partial charge is 0.772 e. The Labute approximate surface area is 89.4 Å². The summed E-state index contributed by atoms with van der Waals surface area (Å²) in [5.41, 5.74) is 1.47. The van der Waals surface area contributed by atoms with E-state index in [4.69, 9.17) is 5.11 Å². The van der Waals surface area contributed by atoms with Crippen LogP contribution in [0, 0.1) is 0 Å². The Morgan fingerprint density at radius 2 is 1.87 bits per heavy atom. The number of carbonyl (C=O) groups is 1. The van der Waals surface area contributed by atoms with Crippen molar-refractivity contribution in [1.29, 1.82) is 0 Å². The molecule has 0 aliphatic rings. The Hall–Kier alpha value is -1.40. The monoisotopic (exact) mass is 228 g/mol. The van der Waals surface area contributed by atoms with E-state index < -0.39 is 17.2 Å². The molecule has 1 rings (SSSR count). The molecule has 1 atom stereocenters. The Kier molecular flexibility index (Phi) is 4.26. The fraction of sp³-hybridized carbons (Fsp3) is 0.222. The van der Waals surface area contributed by atoms with Crippen molar-refractivity contribution in [3.8, 4) is 0 Å². The van der Waals surface area contributed by atoms with Crippen molar-refractivity contribution in [3.63, 3.8) is 0 Å². The molecule has 0 bridgehead atoms. The van der Waals surface area contributed by atoms with Gasteiger partial charge in [0.05, 0.1) is 0 Å². The first-order valence-electron chi connectivity index (χ1n) is 4.18. The topological polar surface area (TPSA) is 89.5 Å². The minimum atomic E-state index is -2.09. The molecule has 0 saturated heterocycles. The van der Waals surface area contributed by atoms with Crippen molar-refractivity contribution in [2.75, 3.05) is 0 Å². The van der Waals surface area contributed by atoms with Crippen molar-refractivity contribution in [3.05, 3.63) is 35.4 Å². The van der Waals surface area contributed by atoms with Crippen molar-refractivity contribution in [2.45, 2.75) is 12.3 Å². The number of carboxylic acid groups (broad SMARTS) is 1. The quantitative estimate of drug-likeness (QED) is 0.747. The highest BCUT2D eigenvalue weighted by Crippen LogP contribution is 2.06. The van der Waals surface area contributed by atoms with Gasteiger partial charge in [-0.25, -0.2) is 4.79 Å². The van der Waals surface area contributed by atoms with Gasteiger partial charge in [-0.05, 0) is 11.1 Å². The number of rotatable bonds is 4. The summed E-state index contributed by atoms with van der Waals surface area (Å²) < 4.78 is 20.8. The molecule has 0 aliphatic heterocycles. The first-order valence-corrected chi connectivity index (χ1v) is 5.43. The molecular formula is C9H10NO4S-. The van der Waals surface area contributed by atoms with E-state index in [-0.39, 0.29) is 12.3 Å². The molecule has 0 aromatic heterocycles. The molecular weight excluding hydrogens is 218 g/mol. The molecule has 0 spiro atoms. The van der Waals surface area contributed by atoms with Gasteiger partial charge in [0.1, 0.15) is 0 Å². The minimum absolute atomic E-state index is 0.0212. The summed E-state index contributed by atoms with van der Waals surface area (Å²) in [5, 5.41) is 10.6. The second-order valence-corrected chi connectivity index (χ2v) is 3.82. The van der Waals surface area contributed by atoms with Crippen LogP contribution in [0.25, 0.3) is 0 Å². The molecule has 1 aromatic rings. The maximum Gasteiger partial charge on any atom is 0.404 e. The predicted octanol–water partition coefficient (Wildman–Crippen LogP) is 0.833. The van der Waals surface area contributed by atoms with Crippen molar-refractivity contribution < 1.29 is 18.7 Å². The third-order valence-electron chi connectivity index (χ3n) is 1.75. The van der Waals surface area contributed by atoms with E-state index >= 15 is 0 Å². The molecule has 82 valence electrons. The molecule has 5 nitrogen and oxygen atoms in total. The van der Waals surface area contributed by atoms with Crippen LogP contribution in [0.5, 0.6) is 0 Å². The molecule has 0 heterocycles. The van der Waals surface area contributed by atoms with E-state index in [2.05, 4.69) is 5.32 Å². The van der Waals surface area contributed by atoms with Gasteiger partial charge in [0.2, 0.25) is 0 Å². The van der Waals surface area contributed by atoms with Gasteiger partial charge in [0.15, 0.2) is 0 Å². The third kappa shape index (κ3) is 4.57. The van der Waals surface area contributed by atoms with Crippen LogP contribution in [0.4, 0.5) is 4.79 Å². The molecule has 0 radical (unpaired) electrons. The lowest BCUT2D eigenvalue weighted by Gasteiger charge is -2.06. The minimum Gasteiger partial charge on any atom is -0.772 e. The number of benzene rings is 1. The Bertz CT molecular complexity index is 363. The molecule has 0 fully saturated rings. The average Bonchev–Trinajstić information content (AvgIpc) is 2.16. The zero-order chi connectivity index (χ0) is 11.3. The molecule has 2 N–H and O–H groups in total. The lowest BCUT2D eigenvalue weighted by Crippen LogP contribution is -2.19. The van der Waals surface area contributed by atoms with E-state index in [0.717, 1.165) is 5.56 Å². The maximum absolute atomic E-state index is 10.4. The van der Waals surface area contributed by atoms with Crippen LogP contribution in [-0.4, -0.2) is 20.0 Å². The van der Waals surface area contributed by atoms with Crippen LogP contribution in [0.2, 0.25) is 0 Å². The third-order valence-corrected chi connectivity index (χ3v) is 2.32. The summed E-state index contributed by atoms with van der Waals surface area (Å²) in [4.78, 5) is 10.2. The fourth-order valence-corrected chi connectivity index (χ4v) is 1.53. The standard InChI is InChI=1S/C9H11NO4S/c11-9(12)10-5-7-1-3-8(4-2-7)6-15(13)14/h1-4,10H,5-6H2,(H,11,12)(H,13,14)/p-1. The predicted molar refractivity (Wildman–Crippen MR) is 53.9 cm³/mol. The molecule has 0 aliphatic carbocycles. The van der Waals surface area contributed by atoms with Gasteiger partial charge in [-0.15, -0.1) is 0 Å². The van der Waals surface area contributed by atoms with Crippen LogP contribution in [-0.2, 0) is 23.4 Å². The summed E-state index contributed by atoms with van der Waals surface area (Å²) in [7, 11) is 0. The second-order valence-electron chi connectivity index (χ2n) is 2.92. The van der Waals surface area contributed by atoms with Crippen LogP contribution in [0.1, 0.15) is 11.1 Å². The maximum atomic E-state index is 10.4. The lowest BCUT2D eigenvalue weighted by molar-refractivity contribution is 0.194. The van der Waals surface area contributed by atoms with Gasteiger partial charge < -0.3 is 15.0 Å². The van der Waals surface area contributed by atoms with Crippen molar-refractivity contribution in [2.24, 2.45) is 0 Å². The molecule has 1 aromatic carbocycles. The van der Waals surface area contributed by atoms with Crippen molar-refractivity contribution >= 4 is 17.2 Å². The van der Waals surface area contributed by atoms with Crippen LogP contribution >= 0.6 is 0 Å². The molecule has 1 amide bonds. The first kappa shape index (κ1) is 11.7. The molecule has 0 saturated carbocycles. The second kappa shape index (κ2) is 5.47. The summed E-state index contributed by atoms with van der Waals surface area (Å²) in [5.74, 6) is -0.0212. The summed E-state index contributed by atoms with van der Waals surface area (Å²) in [6, 6.07) is 6.71. The van der Waals surface area contributed by atoms with Gasteiger partial charge >= 0.3 is 6.09 Å². The smallest absolute Gasteiger partial charge is 0.404 e. The normalized spacial score (nSPS) is 12.1. The van der Waals surface area contributed by atoms with Crippen LogP contribution in [0.3, 0.4) is 0 Å². The van der Waals surface area contributed by atoms with Gasteiger partial charge in [-0.1, -0.05) is 35.3 Å². The Morgan fingerprint density at radius 3 is 2.33 bits per heavy atom. The van der Waals surface area contributed by atoms with E-state index in [1.165, 1.54) is 0 Å². The first-order chi connectivity index (χ1) is 7.08. The summed E-state index contributed by atoms with van der Waals surface area (Å²) in [6.45, 7) is 0.218. The van der Waals surface area contributed by atoms with E-state index in [1.54, 1.807) is 24.3 Å². The highest BCUT2D eigenvalue weighted by molar-refractivity contribution is 7.78. The average molecular weight is 228 g/mol. The molecule has 15 heavy (non-hydrogen) atoms. The van der Waals surface area contributed by atoms with E-state index in [9.17, 15) is 13.6 Å². The Balaban J connectivity index is 2.56. The highest BCUT2D eigenvalue weighted by Gasteiger charge is 1.97. The van der Waals surface area contributed by atoms with Gasteiger partial charge in [-0.2, -0.15) is 0 Å². The summed E-state index contributed by atoms with van der Waals surface area (Å²) in [6.07, 6.45) is -1.08. The van der Waals surface area contributed by atoms with Crippen LogP contribution in [0.15, 0.2) is 24.3 Å². The van der Waals surface area contributed by atoms with Gasteiger partial charge in [-0.3, -0.25) is 4.21 Å². The summed E-state index contributed by atoms with van der Waals surface area (Å²) >= 11 is -2.09. The van der Waals surface area contributed by atoms with Crippen molar-refractivity contribution in [1.82, 2.24) is 5.32 Å². The lowest BCUT2D eigenvalue weighted by atomic mass is 10.1. The number of hydrogen-bond donors (Lipinski definition) is 2. The zero-order valence-corrected chi connectivity index (χ0v) is 8.62. The van der Waals surface area contributed by atoms with E-state index in [0.29, 0.717) is 5.56 Å². The SMILES string of the molecule is O=C(O)NCc1ccc(CS(=O)[O-])cc1. The zero-order valence-electron chi connectivity index (χ0n) is 7.80. The van der Waals surface area contributed by atoms with Crippen LogP contribution < -0.4 is 5.32 Å². The number of amides is 1. The fourth-order valence-electron chi connectivity index (χ4n) is 1.07. The number of nitrogens with one attached hydrogen (secondary N) is 1. The van der Waals surface area contributed by atoms with Gasteiger partial charge in [0.25, 0.3) is 0 Å². The highest BCUT2D eigenvalue weighted by atomic mass is 32.2. The molecule has 1 unspecified atom stereocenters. The van der Waals surface area contributed by atoms with Gasteiger partial charge in [0, 0.05) is 12.3 Å². The molecule has 6 heteroatoms. The number of hydrogen-bond acceptors (Lipinski definition) is 3. The Morgan fingerprint density at radius 1 is 1.33 bits per heavy atom.